The van der Waals surface area contributed by atoms with E-state index in [1.807, 2.05) is 0 Å². The van der Waals surface area contributed by atoms with Crippen molar-refractivity contribution in [1.82, 2.24) is 0 Å². The Labute approximate surface area is 511 Å². The van der Waals surface area contributed by atoms with Crippen molar-refractivity contribution in [2.75, 3.05) is 39.6 Å². The zero-order valence-corrected chi connectivity index (χ0v) is 49.3. The van der Waals surface area contributed by atoms with Crippen LogP contribution in [0.2, 0.25) is 0 Å². The number of aliphatic hydroxyl groups is 20. The Morgan fingerprint density at radius 1 is 0.461 bits per heavy atom. The molecule has 32 nitrogen and oxygen atoms in total. The molecule has 10 aliphatic rings. The number of carbonyl (C=O) groups is 1. The van der Waals surface area contributed by atoms with E-state index in [4.69, 9.17) is 52.1 Å². The third-order valence-corrected chi connectivity index (χ3v) is 21.8. The molecule has 0 amide bonds. The van der Waals surface area contributed by atoms with E-state index in [0.29, 0.717) is 56.9 Å². The molecule has 1 spiro atoms. The molecule has 20 N–H and O–H groups in total. The fraction of sp³-hybridized carbons (Fsp3) is 0.947. The van der Waals surface area contributed by atoms with Crippen LogP contribution in [-0.4, -0.2) is 331 Å². The highest BCUT2D eigenvalue weighted by atomic mass is 16.8. The smallest absolute Gasteiger partial charge is 0.314 e. The number of hydrogen-bond acceptors (Lipinski definition) is 32. The van der Waals surface area contributed by atoms with Gasteiger partial charge >= 0.3 is 5.97 Å². The maximum absolute atomic E-state index is 15.4. The van der Waals surface area contributed by atoms with Gasteiger partial charge in [0.15, 0.2) is 31.3 Å². The van der Waals surface area contributed by atoms with Crippen molar-refractivity contribution in [2.24, 2.45) is 34.0 Å². The fourth-order valence-corrected chi connectivity index (χ4v) is 16.9. The van der Waals surface area contributed by atoms with Crippen LogP contribution in [0.15, 0.2) is 12.2 Å². The first-order chi connectivity index (χ1) is 42.1. The van der Waals surface area contributed by atoms with Crippen molar-refractivity contribution in [3.63, 3.8) is 0 Å². The number of ether oxygens (including phenoxy) is 11. The minimum atomic E-state index is -2.05. The third kappa shape index (κ3) is 12.3. The lowest BCUT2D eigenvalue weighted by molar-refractivity contribution is -0.400. The van der Waals surface area contributed by atoms with E-state index >= 15 is 4.79 Å². The van der Waals surface area contributed by atoms with E-state index in [0.717, 1.165) is 0 Å². The molecule has 5 saturated heterocycles. The van der Waals surface area contributed by atoms with E-state index < -0.39 is 257 Å². The molecule has 5 aliphatic carbocycles. The lowest BCUT2D eigenvalue weighted by Gasteiger charge is -2.64. The lowest BCUT2D eigenvalue weighted by Crippen LogP contribution is -2.68. The molecule has 0 radical (unpaired) electrons. The van der Waals surface area contributed by atoms with Gasteiger partial charge in [-0.3, -0.25) is 4.79 Å². The van der Waals surface area contributed by atoms with E-state index in [-0.39, 0.29) is 18.8 Å². The molecular weight excluding hydrogens is 1200 g/mol. The van der Waals surface area contributed by atoms with Crippen molar-refractivity contribution in [2.45, 2.75) is 262 Å². The first-order valence-corrected chi connectivity index (χ1v) is 30.8. The third-order valence-electron chi connectivity index (χ3n) is 21.8. The van der Waals surface area contributed by atoms with Crippen LogP contribution in [0.4, 0.5) is 0 Å². The highest BCUT2D eigenvalue weighted by molar-refractivity contribution is 5.77. The molecule has 1 unspecified atom stereocenters. The van der Waals surface area contributed by atoms with E-state index in [9.17, 15) is 102 Å². The van der Waals surface area contributed by atoms with Crippen LogP contribution < -0.4 is 0 Å². The Bertz CT molecular complexity index is 2390. The van der Waals surface area contributed by atoms with Crippen LogP contribution in [0.3, 0.4) is 0 Å². The summed E-state index contributed by atoms with van der Waals surface area (Å²) in [7, 11) is 0. The summed E-state index contributed by atoms with van der Waals surface area (Å²) in [5, 5.41) is 215. The highest BCUT2D eigenvalue weighted by Crippen LogP contribution is 2.74. The summed E-state index contributed by atoms with van der Waals surface area (Å²) in [6, 6.07) is 0. The molecule has 512 valence electrons. The molecule has 10 fully saturated rings. The van der Waals surface area contributed by atoms with Gasteiger partial charge in [-0.25, -0.2) is 0 Å². The van der Waals surface area contributed by atoms with Gasteiger partial charge in [-0.05, 0) is 93.0 Å². The summed E-state index contributed by atoms with van der Waals surface area (Å²) in [5.74, 6) is -2.42. The summed E-state index contributed by atoms with van der Waals surface area (Å²) in [4.78, 5) is 15.4. The second-order valence-corrected chi connectivity index (χ2v) is 26.9. The quantitative estimate of drug-likeness (QED) is 0.0344. The summed E-state index contributed by atoms with van der Waals surface area (Å²) in [6.45, 7) is 3.37. The molecule has 89 heavy (non-hydrogen) atoms. The van der Waals surface area contributed by atoms with E-state index in [1.165, 1.54) is 0 Å². The monoisotopic (exact) mass is 1290 g/mol. The van der Waals surface area contributed by atoms with Crippen LogP contribution in [0.1, 0.15) is 78.1 Å². The van der Waals surface area contributed by atoms with Crippen LogP contribution in [0.25, 0.3) is 0 Å². The summed E-state index contributed by atoms with van der Waals surface area (Å²) in [6.07, 6.45) is -48.8. The zero-order valence-electron chi connectivity index (χ0n) is 49.3. The molecule has 32 heteroatoms. The molecule has 0 aromatic rings. The van der Waals surface area contributed by atoms with Crippen LogP contribution in [0, 0.1) is 34.0 Å². The summed E-state index contributed by atoms with van der Waals surface area (Å²) in [5.41, 5.74) is -3.17. The van der Waals surface area contributed by atoms with Gasteiger partial charge in [0.05, 0.1) is 56.3 Å². The van der Waals surface area contributed by atoms with Gasteiger partial charge in [-0.1, -0.05) is 19.9 Å². The maximum atomic E-state index is 15.4. The first-order valence-electron chi connectivity index (χ1n) is 30.8. The maximum Gasteiger partial charge on any atom is 0.314 e. The lowest BCUT2D eigenvalue weighted by atomic mass is 9.41. The molecule has 0 aromatic heterocycles. The fourth-order valence-electron chi connectivity index (χ4n) is 16.9. The number of aliphatic hydroxyl groups excluding tert-OH is 20. The highest BCUT2D eigenvalue weighted by Gasteiger charge is 2.70. The predicted octanol–water partition coefficient (Wildman–Crippen LogP) is -8.80. The molecule has 5 saturated carbocycles. The Kier molecular flexibility index (Phi) is 21.4. The number of rotatable bonds is 18. The van der Waals surface area contributed by atoms with Gasteiger partial charge in [0.25, 0.3) is 0 Å². The predicted molar refractivity (Wildman–Crippen MR) is 288 cm³/mol. The van der Waals surface area contributed by atoms with E-state index in [2.05, 4.69) is 13.5 Å². The summed E-state index contributed by atoms with van der Waals surface area (Å²) < 4.78 is 67.7. The molecular formula is C57H92O32. The average Bonchev–Trinajstić information content (AvgIpc) is 1.62. The Balaban J connectivity index is 0.921. The Morgan fingerprint density at radius 2 is 0.888 bits per heavy atom. The molecule has 0 aromatic carbocycles. The Hall–Kier alpha value is -1.99. The van der Waals surface area contributed by atoms with Gasteiger partial charge in [0.1, 0.15) is 128 Å². The normalized spacial score (nSPS) is 54.5. The minimum Gasteiger partial charge on any atom is -0.432 e. The Morgan fingerprint density at radius 3 is 1.38 bits per heavy atom. The van der Waals surface area contributed by atoms with Crippen molar-refractivity contribution in [3.8, 4) is 0 Å². The van der Waals surface area contributed by atoms with Gasteiger partial charge in [0.2, 0.25) is 6.29 Å². The van der Waals surface area contributed by atoms with Crippen molar-refractivity contribution in [3.05, 3.63) is 12.2 Å². The second kappa shape index (κ2) is 27.3. The largest absolute Gasteiger partial charge is 0.432 e. The number of carbonyl (C=O) groups excluding carboxylic acids is 1. The van der Waals surface area contributed by atoms with Gasteiger partial charge in [0, 0.05) is 12.5 Å². The zero-order chi connectivity index (χ0) is 64.7. The first kappa shape index (κ1) is 69.8. The van der Waals surface area contributed by atoms with Crippen LogP contribution in [0.5, 0.6) is 0 Å². The van der Waals surface area contributed by atoms with Crippen molar-refractivity contribution in [1.29, 1.82) is 0 Å². The molecule has 36 atom stereocenters. The molecule has 5 aliphatic heterocycles. The second-order valence-electron chi connectivity index (χ2n) is 26.9. The van der Waals surface area contributed by atoms with Crippen LogP contribution in [-0.2, 0) is 56.9 Å². The minimum absolute atomic E-state index is 0.140. The van der Waals surface area contributed by atoms with Crippen molar-refractivity contribution < 1.29 is 159 Å². The standard InChI is InChI=1S/C57H92O32/c1-20-12-56-9-5-28-54(2,7-4-8-55(28,3)53(78)88-51-46(86-49-42(76)39(73)33(67)24(15-60)81-49)44(35(69)26(17-62)83-51)79-22-11-21(13-58)30(64)37(71)31(22)65)29(56)6-10-57(20,19-56)89-52-47(87-50-43(77)40(74)34(68)25(16-61)82-50)45(36(70)27(18-63)84-52)85-48-41(75)38(72)32(66)23(14-59)80-48/h21-52,58-77H,1,4-19H2,2-3H3/t21-,22-,23-,24-,25-,26-,27-,28+,29+,30-,31+,32-,33-,34-,35-,36-,37+,38+,39+,40+,41-,42-,43-,44+,45+,46-,47-,48+,49+,50+,51?,52+,54-,55-,56-,57+/m1/s1. The molecule has 5 heterocycles. The number of esters is 1. The molecule has 2 bridgehead atoms. The van der Waals surface area contributed by atoms with E-state index in [1.54, 1.807) is 6.92 Å². The van der Waals surface area contributed by atoms with Gasteiger partial charge < -0.3 is 154 Å². The SMILES string of the molecule is C=C1C[C@@]23CC[C@H]4[C@@](C)(CCC[C@@]4(C)C(=O)OC4O[C@H](CO)[C@@H](O)[C@H](O[C@@H]5C[C@H](CO)[C@@H](O)[C@H](O)[C@H]5O)[C@H]4O[C@@H]4O[C@H](CO)[C@@H](O)[C@H](O)[C@H]4O)[C@@H]2CC[C@]1(O[C@@H]1O[C@H](CO)[C@@H](O)[C@H](O[C@@H]2O[C@H](CO)[C@@H](O)[C@H](O)[C@H]2O)[C@H]1O[C@@H]1O[C@H](CO)[C@@H](O)[C@H](O)[C@H]1O)C3. The topological polar surface area (TPSA) is 523 Å². The molecule has 10 rings (SSSR count). The average molecular weight is 1290 g/mol. The van der Waals surface area contributed by atoms with Crippen LogP contribution >= 0.6 is 0 Å². The number of fused-ring (bicyclic) bond motifs is 3. The van der Waals surface area contributed by atoms with Crippen molar-refractivity contribution >= 4 is 5.97 Å². The van der Waals surface area contributed by atoms with Gasteiger partial charge in [-0.2, -0.15) is 0 Å². The summed E-state index contributed by atoms with van der Waals surface area (Å²) >= 11 is 0. The van der Waals surface area contributed by atoms with Gasteiger partial charge in [-0.15, -0.1) is 0 Å². The number of hydrogen-bond donors (Lipinski definition) is 20.